The molecule has 0 nitrogen and oxygen atoms in total. The van der Waals surface area contributed by atoms with Crippen molar-refractivity contribution in [2.75, 3.05) is 0 Å². The Morgan fingerprint density at radius 2 is 0.714 bits per heavy atom. The second-order valence-electron chi connectivity index (χ2n) is 2.51. The third kappa shape index (κ3) is 2.48. The van der Waals surface area contributed by atoms with Gasteiger partial charge in [-0.25, -0.2) is 17.6 Å². The number of rotatable bonds is 0. The summed E-state index contributed by atoms with van der Waals surface area (Å²) in [4.78, 5) is 0. The quantitative estimate of drug-likeness (QED) is 0.495. The van der Waals surface area contributed by atoms with Crippen LogP contribution in [0.3, 0.4) is 0 Å². The molecule has 0 fully saturated rings. The molecule has 0 aromatic heterocycles. The zero-order valence-electron chi connectivity index (χ0n) is 7.33. The first-order chi connectivity index (χ1) is 5.46. The highest BCUT2D eigenvalue weighted by molar-refractivity contribution is 8.93. The summed E-state index contributed by atoms with van der Waals surface area (Å²) in [5.74, 6) is -5.31. The molecule has 6 heteroatoms. The van der Waals surface area contributed by atoms with Gasteiger partial charge in [-0.2, -0.15) is 0 Å². The fraction of sp³-hybridized carbons (Fsp3) is 0.250. The Labute approximate surface area is 99.8 Å². The topological polar surface area (TPSA) is 0 Å². The monoisotopic (exact) mass is 338 g/mol. The first-order valence-corrected chi connectivity index (χ1v) is 3.26. The van der Waals surface area contributed by atoms with Crippen LogP contribution in [0, 0.1) is 37.1 Å². The molecule has 0 heterocycles. The van der Waals surface area contributed by atoms with E-state index in [0.717, 1.165) is 13.8 Å². The Hall–Kier alpha value is -0.100. The minimum atomic E-state index is -1.33. The van der Waals surface area contributed by atoms with Crippen LogP contribution in [0.4, 0.5) is 17.6 Å². The third-order valence-corrected chi connectivity index (χ3v) is 1.70. The molecule has 0 aliphatic carbocycles. The van der Waals surface area contributed by atoms with Gasteiger partial charge in [-0.15, -0.1) is 34.0 Å². The Kier molecular flexibility index (Phi) is 6.65. The van der Waals surface area contributed by atoms with Gasteiger partial charge in [0.1, 0.15) is 0 Å². The second-order valence-corrected chi connectivity index (χ2v) is 2.51. The summed E-state index contributed by atoms with van der Waals surface area (Å²) in [5, 5.41) is 0. The van der Waals surface area contributed by atoms with Crippen molar-refractivity contribution in [3.63, 3.8) is 0 Å². The van der Waals surface area contributed by atoms with E-state index in [0.29, 0.717) is 0 Å². The maximum absolute atomic E-state index is 12.7. The van der Waals surface area contributed by atoms with Crippen LogP contribution < -0.4 is 0 Å². The van der Waals surface area contributed by atoms with Crippen LogP contribution in [0.1, 0.15) is 11.1 Å². The predicted octanol–water partition coefficient (Wildman–Crippen LogP) is 4.02. The molecule has 1 aromatic rings. The summed E-state index contributed by atoms with van der Waals surface area (Å²) in [6, 6.07) is 0. The number of hydrogen-bond acceptors (Lipinski definition) is 0. The van der Waals surface area contributed by atoms with Crippen molar-refractivity contribution in [1.82, 2.24) is 0 Å². The molecule has 1 rings (SSSR count). The first kappa shape index (κ1) is 16.3. The van der Waals surface area contributed by atoms with Gasteiger partial charge in [0.25, 0.3) is 0 Å². The van der Waals surface area contributed by atoms with Gasteiger partial charge in [0.05, 0.1) is 0 Å². The standard InChI is InChI=1S/C8H6F4.2BrH/c1-3-5(9)7(11)4(2)8(12)6(3)10;;/h1-2H3;2*1H. The van der Waals surface area contributed by atoms with Crippen molar-refractivity contribution < 1.29 is 17.6 Å². The van der Waals surface area contributed by atoms with E-state index in [-0.39, 0.29) is 34.0 Å². The summed E-state index contributed by atoms with van der Waals surface area (Å²) in [6.45, 7) is 1.96. The van der Waals surface area contributed by atoms with E-state index >= 15 is 0 Å². The maximum atomic E-state index is 12.7. The lowest BCUT2D eigenvalue weighted by Crippen LogP contribution is -2.02. The molecule has 0 bridgehead atoms. The van der Waals surface area contributed by atoms with E-state index in [9.17, 15) is 17.6 Å². The van der Waals surface area contributed by atoms with E-state index in [2.05, 4.69) is 0 Å². The lowest BCUT2D eigenvalue weighted by atomic mass is 10.1. The van der Waals surface area contributed by atoms with Gasteiger partial charge >= 0.3 is 0 Å². The zero-order valence-corrected chi connectivity index (χ0v) is 10.8. The van der Waals surface area contributed by atoms with Gasteiger partial charge in [0.2, 0.25) is 0 Å². The van der Waals surface area contributed by atoms with Crippen LogP contribution in [-0.2, 0) is 0 Å². The Bertz CT molecular complexity index is 234. The molecular weight excluding hydrogens is 332 g/mol. The Balaban J connectivity index is 0. The molecule has 14 heavy (non-hydrogen) atoms. The van der Waals surface area contributed by atoms with Crippen molar-refractivity contribution in [1.29, 1.82) is 0 Å². The van der Waals surface area contributed by atoms with Crippen LogP contribution in [0.5, 0.6) is 0 Å². The van der Waals surface area contributed by atoms with Gasteiger partial charge in [-0.3, -0.25) is 0 Å². The van der Waals surface area contributed by atoms with Crippen molar-refractivity contribution in [3.05, 3.63) is 34.4 Å². The molecular formula is C8H8Br2F4. The number of benzene rings is 1. The highest BCUT2D eigenvalue weighted by Gasteiger charge is 2.19. The summed E-state index contributed by atoms with van der Waals surface area (Å²) >= 11 is 0. The Morgan fingerprint density at radius 1 is 0.571 bits per heavy atom. The molecule has 0 atom stereocenters. The van der Waals surface area contributed by atoms with Crippen molar-refractivity contribution in [2.24, 2.45) is 0 Å². The Morgan fingerprint density at radius 3 is 0.857 bits per heavy atom. The largest absolute Gasteiger partial charge is 0.203 e. The summed E-state index contributed by atoms with van der Waals surface area (Å²) in [5.41, 5.74) is -1.26. The van der Waals surface area contributed by atoms with Gasteiger partial charge in [-0.05, 0) is 13.8 Å². The van der Waals surface area contributed by atoms with E-state index in [1.807, 2.05) is 0 Å². The molecule has 1 aromatic carbocycles. The van der Waals surface area contributed by atoms with Crippen molar-refractivity contribution in [2.45, 2.75) is 13.8 Å². The normalized spacial score (nSPS) is 9.00. The van der Waals surface area contributed by atoms with Crippen LogP contribution in [0.2, 0.25) is 0 Å². The molecule has 0 amide bonds. The lowest BCUT2D eigenvalue weighted by molar-refractivity contribution is 0.436. The van der Waals surface area contributed by atoms with E-state index in [1.54, 1.807) is 0 Å². The summed E-state index contributed by atoms with van der Waals surface area (Å²) < 4.78 is 50.6. The average molecular weight is 340 g/mol. The first-order valence-electron chi connectivity index (χ1n) is 3.26. The highest BCUT2D eigenvalue weighted by Crippen LogP contribution is 2.22. The van der Waals surface area contributed by atoms with E-state index in [1.165, 1.54) is 0 Å². The molecule has 0 saturated carbocycles. The van der Waals surface area contributed by atoms with Crippen LogP contribution in [0.15, 0.2) is 0 Å². The fourth-order valence-electron chi connectivity index (χ4n) is 0.851. The minimum Gasteiger partial charge on any atom is -0.203 e. The molecule has 0 spiro atoms. The molecule has 0 radical (unpaired) electrons. The zero-order chi connectivity index (χ0) is 9.46. The lowest BCUT2D eigenvalue weighted by Gasteiger charge is -2.04. The number of halogens is 6. The summed E-state index contributed by atoms with van der Waals surface area (Å²) in [7, 11) is 0. The maximum Gasteiger partial charge on any atom is 0.165 e. The van der Waals surface area contributed by atoms with Gasteiger partial charge in [-0.1, -0.05) is 0 Å². The summed E-state index contributed by atoms with van der Waals surface area (Å²) in [6.07, 6.45) is 0. The average Bonchev–Trinajstić information content (AvgIpc) is 2.08. The molecule has 0 N–H and O–H groups in total. The predicted molar refractivity (Wildman–Crippen MR) is 56.4 cm³/mol. The molecule has 0 aliphatic rings. The van der Waals surface area contributed by atoms with E-state index in [4.69, 9.17) is 0 Å². The number of hydrogen-bond donors (Lipinski definition) is 0. The minimum absolute atomic E-state index is 0. The molecule has 0 unspecified atom stereocenters. The fourth-order valence-corrected chi connectivity index (χ4v) is 0.851. The smallest absolute Gasteiger partial charge is 0.165 e. The molecule has 0 saturated heterocycles. The second kappa shape index (κ2) is 5.70. The molecule has 82 valence electrons. The van der Waals surface area contributed by atoms with Crippen LogP contribution in [0.25, 0.3) is 0 Å². The molecule has 0 aliphatic heterocycles. The van der Waals surface area contributed by atoms with Gasteiger partial charge in [0, 0.05) is 11.1 Å². The van der Waals surface area contributed by atoms with E-state index < -0.39 is 34.4 Å². The van der Waals surface area contributed by atoms with Crippen molar-refractivity contribution >= 4 is 34.0 Å². The van der Waals surface area contributed by atoms with Crippen molar-refractivity contribution in [3.8, 4) is 0 Å². The third-order valence-electron chi connectivity index (χ3n) is 1.70. The van der Waals surface area contributed by atoms with Gasteiger partial charge < -0.3 is 0 Å². The van der Waals surface area contributed by atoms with Crippen LogP contribution in [-0.4, -0.2) is 0 Å². The van der Waals surface area contributed by atoms with Gasteiger partial charge in [0.15, 0.2) is 23.3 Å². The highest BCUT2D eigenvalue weighted by atomic mass is 79.9. The van der Waals surface area contributed by atoms with Crippen LogP contribution >= 0.6 is 34.0 Å². The SMILES string of the molecule is Br.Br.Cc1c(F)c(F)c(C)c(F)c1F.